The molecule has 98 valence electrons. The van der Waals surface area contributed by atoms with Gasteiger partial charge < -0.3 is 0 Å². The molecule has 16 heavy (non-hydrogen) atoms. The lowest BCUT2D eigenvalue weighted by atomic mass is 9.84. The third-order valence-corrected chi connectivity index (χ3v) is 3.87. The summed E-state index contributed by atoms with van der Waals surface area (Å²) in [5.74, 6) is 2.03. The van der Waals surface area contributed by atoms with Crippen molar-refractivity contribution in [1.29, 1.82) is 0 Å². The minimum absolute atomic E-state index is 1.01. The highest BCUT2D eigenvalue weighted by molar-refractivity contribution is 4.66. The van der Waals surface area contributed by atoms with E-state index in [2.05, 4.69) is 27.7 Å². The molecule has 0 bridgehead atoms. The normalized spacial score (nSPS) is 15.0. The predicted octanol–water partition coefficient (Wildman–Crippen LogP) is 6.20. The summed E-state index contributed by atoms with van der Waals surface area (Å²) < 4.78 is 0. The van der Waals surface area contributed by atoms with Crippen molar-refractivity contribution in [3.05, 3.63) is 0 Å². The van der Waals surface area contributed by atoms with E-state index in [1.54, 1.807) is 0 Å². The molecule has 0 radical (unpaired) electrons. The Labute approximate surface area is 104 Å². The molecule has 0 rings (SSSR count). The molecule has 2 unspecified atom stereocenters. The van der Waals surface area contributed by atoms with Crippen molar-refractivity contribution in [2.75, 3.05) is 0 Å². The summed E-state index contributed by atoms with van der Waals surface area (Å²) in [7, 11) is 0. The van der Waals surface area contributed by atoms with Gasteiger partial charge in [0.1, 0.15) is 0 Å². The summed E-state index contributed by atoms with van der Waals surface area (Å²) >= 11 is 0. The van der Waals surface area contributed by atoms with Crippen LogP contribution in [0, 0.1) is 11.8 Å². The van der Waals surface area contributed by atoms with Gasteiger partial charge in [-0.25, -0.2) is 0 Å². The zero-order valence-corrected chi connectivity index (χ0v) is 12.2. The van der Waals surface area contributed by atoms with E-state index in [1.807, 2.05) is 0 Å². The molecule has 0 aromatic carbocycles. The molecule has 0 saturated heterocycles. The maximum absolute atomic E-state index is 2.38. The van der Waals surface area contributed by atoms with Gasteiger partial charge in [0.15, 0.2) is 0 Å². The van der Waals surface area contributed by atoms with Crippen LogP contribution >= 0.6 is 0 Å². The molecule has 0 fully saturated rings. The number of hydrogen-bond acceptors (Lipinski definition) is 0. The third-order valence-electron chi connectivity index (χ3n) is 3.87. The van der Waals surface area contributed by atoms with Crippen LogP contribution in [0.15, 0.2) is 0 Å². The largest absolute Gasteiger partial charge is 0.0654 e. The first-order valence-electron chi connectivity index (χ1n) is 7.78. The first-order chi connectivity index (χ1) is 7.78. The fourth-order valence-electron chi connectivity index (χ4n) is 2.73. The Morgan fingerprint density at radius 3 is 1.62 bits per heavy atom. The van der Waals surface area contributed by atoms with E-state index in [1.165, 1.54) is 64.2 Å². The van der Waals surface area contributed by atoms with Crippen molar-refractivity contribution in [1.82, 2.24) is 0 Å². The van der Waals surface area contributed by atoms with Crippen LogP contribution in [0.4, 0.5) is 0 Å². The van der Waals surface area contributed by atoms with Crippen molar-refractivity contribution in [2.45, 2.75) is 91.9 Å². The van der Waals surface area contributed by atoms with E-state index in [0.29, 0.717) is 0 Å². The summed E-state index contributed by atoms with van der Waals surface area (Å²) in [4.78, 5) is 0. The fraction of sp³-hybridized carbons (Fsp3) is 1.00. The molecular weight excluding hydrogens is 192 g/mol. The topological polar surface area (TPSA) is 0 Å². The lowest BCUT2D eigenvalue weighted by Gasteiger charge is -2.22. The molecule has 0 nitrogen and oxygen atoms in total. The molecule has 0 aliphatic heterocycles. The molecule has 0 N–H and O–H groups in total. The van der Waals surface area contributed by atoms with Gasteiger partial charge in [-0.15, -0.1) is 0 Å². The van der Waals surface area contributed by atoms with Crippen molar-refractivity contribution >= 4 is 0 Å². The van der Waals surface area contributed by atoms with Gasteiger partial charge >= 0.3 is 0 Å². The molecule has 2 atom stereocenters. The maximum atomic E-state index is 2.38. The molecule has 0 heteroatoms. The summed E-state index contributed by atoms with van der Waals surface area (Å²) in [5, 5.41) is 0. The van der Waals surface area contributed by atoms with Crippen LogP contribution in [0.3, 0.4) is 0 Å². The molecule has 0 heterocycles. The van der Waals surface area contributed by atoms with Crippen LogP contribution in [0.25, 0.3) is 0 Å². The van der Waals surface area contributed by atoms with Gasteiger partial charge in [-0.1, -0.05) is 85.5 Å². The van der Waals surface area contributed by atoms with Gasteiger partial charge in [0.2, 0.25) is 0 Å². The Balaban J connectivity index is 3.90. The SMILES string of the molecule is CCCCC(CC)CC(CCC)CCCC. The maximum Gasteiger partial charge on any atom is -0.0412 e. The predicted molar refractivity (Wildman–Crippen MR) is 75.8 cm³/mol. The number of hydrogen-bond donors (Lipinski definition) is 0. The molecule has 0 amide bonds. The van der Waals surface area contributed by atoms with Crippen molar-refractivity contribution in [2.24, 2.45) is 11.8 Å². The molecule has 0 spiro atoms. The van der Waals surface area contributed by atoms with Crippen molar-refractivity contribution < 1.29 is 0 Å². The summed E-state index contributed by atoms with van der Waals surface area (Å²) in [6.45, 7) is 9.35. The van der Waals surface area contributed by atoms with Gasteiger partial charge in [0.25, 0.3) is 0 Å². The summed E-state index contributed by atoms with van der Waals surface area (Å²) in [6, 6.07) is 0. The zero-order chi connectivity index (χ0) is 12.2. The zero-order valence-electron chi connectivity index (χ0n) is 12.2. The Kier molecular flexibility index (Phi) is 11.5. The second-order valence-electron chi connectivity index (χ2n) is 5.45. The van der Waals surface area contributed by atoms with E-state index in [0.717, 1.165) is 11.8 Å². The van der Waals surface area contributed by atoms with Crippen LogP contribution in [0.2, 0.25) is 0 Å². The highest BCUT2D eigenvalue weighted by atomic mass is 14.2. The smallest absolute Gasteiger partial charge is 0.0412 e. The molecule has 0 aromatic rings. The summed E-state index contributed by atoms with van der Waals surface area (Å²) in [6.07, 6.45) is 14.3. The average molecular weight is 226 g/mol. The molecule has 0 aliphatic rings. The van der Waals surface area contributed by atoms with Gasteiger partial charge in [0.05, 0.1) is 0 Å². The number of unbranched alkanes of at least 4 members (excludes halogenated alkanes) is 2. The first-order valence-corrected chi connectivity index (χ1v) is 7.78. The van der Waals surface area contributed by atoms with E-state index < -0.39 is 0 Å². The second kappa shape index (κ2) is 11.5. The Bertz CT molecular complexity index is 128. The van der Waals surface area contributed by atoms with Crippen LogP contribution in [0.1, 0.15) is 91.9 Å². The average Bonchev–Trinajstić information content (AvgIpc) is 2.31. The first kappa shape index (κ1) is 16.0. The second-order valence-corrected chi connectivity index (χ2v) is 5.45. The Hall–Kier alpha value is 0. The van der Waals surface area contributed by atoms with Crippen LogP contribution in [0.5, 0.6) is 0 Å². The van der Waals surface area contributed by atoms with Crippen LogP contribution in [-0.2, 0) is 0 Å². The Morgan fingerprint density at radius 2 is 1.19 bits per heavy atom. The van der Waals surface area contributed by atoms with Crippen LogP contribution in [-0.4, -0.2) is 0 Å². The lowest BCUT2D eigenvalue weighted by Crippen LogP contribution is -2.09. The molecular formula is C16H34. The van der Waals surface area contributed by atoms with Gasteiger partial charge in [0, 0.05) is 0 Å². The third kappa shape index (κ3) is 8.19. The van der Waals surface area contributed by atoms with Crippen molar-refractivity contribution in [3.63, 3.8) is 0 Å². The van der Waals surface area contributed by atoms with E-state index in [-0.39, 0.29) is 0 Å². The van der Waals surface area contributed by atoms with Crippen molar-refractivity contribution in [3.8, 4) is 0 Å². The van der Waals surface area contributed by atoms with E-state index >= 15 is 0 Å². The lowest BCUT2D eigenvalue weighted by molar-refractivity contribution is 0.303. The standard InChI is InChI=1S/C16H34/c1-5-9-12-15(8-4)14-16(11-7-3)13-10-6-2/h15-16H,5-14H2,1-4H3. The van der Waals surface area contributed by atoms with Gasteiger partial charge in [-0.05, 0) is 18.3 Å². The van der Waals surface area contributed by atoms with Crippen LogP contribution < -0.4 is 0 Å². The monoisotopic (exact) mass is 226 g/mol. The highest BCUT2D eigenvalue weighted by Gasteiger charge is 2.13. The van der Waals surface area contributed by atoms with E-state index in [9.17, 15) is 0 Å². The van der Waals surface area contributed by atoms with E-state index in [4.69, 9.17) is 0 Å². The molecule has 0 aliphatic carbocycles. The summed E-state index contributed by atoms with van der Waals surface area (Å²) in [5.41, 5.74) is 0. The number of rotatable bonds is 11. The fourth-order valence-corrected chi connectivity index (χ4v) is 2.73. The quantitative estimate of drug-likeness (QED) is 0.393. The minimum Gasteiger partial charge on any atom is -0.0654 e. The van der Waals surface area contributed by atoms with Gasteiger partial charge in [-0.2, -0.15) is 0 Å². The molecule has 0 saturated carbocycles. The minimum atomic E-state index is 1.01. The molecule has 0 aromatic heterocycles. The highest BCUT2D eigenvalue weighted by Crippen LogP contribution is 2.27. The Morgan fingerprint density at radius 1 is 0.625 bits per heavy atom. The van der Waals surface area contributed by atoms with Gasteiger partial charge in [-0.3, -0.25) is 0 Å².